The van der Waals surface area contributed by atoms with Crippen LogP contribution in [0.25, 0.3) is 22.2 Å². The predicted molar refractivity (Wildman–Crippen MR) is 79.4 cm³/mol. The Labute approximate surface area is 118 Å². The molecule has 0 N–H and O–H groups in total. The number of rotatable bonds is 0. The SMILES string of the molecule is O=C1Cn2c(cc3ccccc32)-c2ccc(Br)cc21. The van der Waals surface area contributed by atoms with Gasteiger partial charge in [0.05, 0.1) is 12.2 Å². The van der Waals surface area contributed by atoms with Crippen molar-refractivity contribution >= 4 is 32.6 Å². The van der Waals surface area contributed by atoms with Crippen LogP contribution in [0.3, 0.4) is 0 Å². The minimum absolute atomic E-state index is 0.171. The number of fused-ring (bicyclic) bond motifs is 5. The van der Waals surface area contributed by atoms with E-state index in [9.17, 15) is 4.79 Å². The molecule has 0 saturated heterocycles. The van der Waals surface area contributed by atoms with Crippen molar-refractivity contribution < 1.29 is 4.79 Å². The van der Waals surface area contributed by atoms with E-state index in [0.717, 1.165) is 26.8 Å². The third-order valence-electron chi connectivity index (χ3n) is 3.67. The molecule has 3 aromatic rings. The Morgan fingerprint density at radius 2 is 1.84 bits per heavy atom. The van der Waals surface area contributed by atoms with Crippen LogP contribution in [0.15, 0.2) is 53.0 Å². The molecule has 0 amide bonds. The predicted octanol–water partition coefficient (Wildman–Crippen LogP) is 4.27. The fraction of sp³-hybridized carbons (Fsp3) is 0.0625. The molecule has 1 aromatic heterocycles. The van der Waals surface area contributed by atoms with Crippen LogP contribution in [0.1, 0.15) is 10.4 Å². The summed E-state index contributed by atoms with van der Waals surface area (Å²) in [6.07, 6.45) is 0. The quantitative estimate of drug-likeness (QED) is 0.608. The number of carbonyl (C=O) groups is 1. The topological polar surface area (TPSA) is 22.0 Å². The highest BCUT2D eigenvalue weighted by Crippen LogP contribution is 2.35. The molecule has 2 heterocycles. The lowest BCUT2D eigenvalue weighted by molar-refractivity contribution is 0.0971. The summed E-state index contributed by atoms with van der Waals surface area (Å²) < 4.78 is 3.05. The maximum absolute atomic E-state index is 12.3. The highest BCUT2D eigenvalue weighted by molar-refractivity contribution is 9.10. The summed E-state index contributed by atoms with van der Waals surface area (Å²) >= 11 is 3.43. The minimum Gasteiger partial charge on any atom is -0.333 e. The van der Waals surface area contributed by atoms with Gasteiger partial charge in [-0.2, -0.15) is 0 Å². The first-order valence-corrected chi connectivity index (χ1v) is 6.95. The summed E-state index contributed by atoms with van der Waals surface area (Å²) in [5.74, 6) is 0.171. The zero-order chi connectivity index (χ0) is 13.0. The average molecular weight is 312 g/mol. The Kier molecular flexibility index (Phi) is 2.21. The van der Waals surface area contributed by atoms with Crippen LogP contribution in [0, 0.1) is 0 Å². The molecule has 0 bridgehead atoms. The first kappa shape index (κ1) is 11.0. The highest BCUT2D eigenvalue weighted by atomic mass is 79.9. The van der Waals surface area contributed by atoms with Crippen molar-refractivity contribution in [3.05, 3.63) is 58.6 Å². The second-order valence-electron chi connectivity index (χ2n) is 4.79. The standard InChI is InChI=1S/C16H10BrNO/c17-11-5-6-12-13(8-11)16(19)9-18-14-4-2-1-3-10(14)7-15(12)18/h1-8H,9H2. The molecule has 2 nitrogen and oxygen atoms in total. The number of halogens is 1. The number of aromatic nitrogens is 1. The molecule has 19 heavy (non-hydrogen) atoms. The van der Waals surface area contributed by atoms with Gasteiger partial charge in [-0.15, -0.1) is 0 Å². The van der Waals surface area contributed by atoms with E-state index in [1.165, 1.54) is 5.39 Å². The maximum Gasteiger partial charge on any atom is 0.183 e. The summed E-state index contributed by atoms with van der Waals surface area (Å²) in [5.41, 5.74) is 4.09. The zero-order valence-corrected chi connectivity index (χ0v) is 11.6. The van der Waals surface area contributed by atoms with Gasteiger partial charge in [0.15, 0.2) is 5.78 Å². The fourth-order valence-electron chi connectivity index (χ4n) is 2.80. The molecule has 4 rings (SSSR count). The summed E-state index contributed by atoms with van der Waals surface area (Å²) in [6, 6.07) is 16.3. The number of hydrogen-bond acceptors (Lipinski definition) is 1. The zero-order valence-electron chi connectivity index (χ0n) is 10.1. The third-order valence-corrected chi connectivity index (χ3v) is 4.16. The lowest BCUT2D eigenvalue weighted by atomic mass is 9.98. The minimum atomic E-state index is 0.171. The molecular formula is C16H10BrNO. The Morgan fingerprint density at radius 3 is 2.74 bits per heavy atom. The van der Waals surface area contributed by atoms with E-state index in [1.54, 1.807) is 0 Å². The van der Waals surface area contributed by atoms with Gasteiger partial charge in [0, 0.05) is 26.5 Å². The molecule has 3 heteroatoms. The lowest BCUT2D eigenvalue weighted by Gasteiger charge is -2.19. The Morgan fingerprint density at radius 1 is 1.00 bits per heavy atom. The Hall–Kier alpha value is -1.87. The number of carbonyl (C=O) groups excluding carboxylic acids is 1. The van der Waals surface area contributed by atoms with E-state index in [0.29, 0.717) is 6.54 Å². The molecule has 1 aliphatic rings. The number of para-hydroxylation sites is 1. The first-order chi connectivity index (χ1) is 9.24. The van der Waals surface area contributed by atoms with E-state index in [-0.39, 0.29) is 5.78 Å². The summed E-state index contributed by atoms with van der Waals surface area (Å²) in [6.45, 7) is 0.423. The summed E-state index contributed by atoms with van der Waals surface area (Å²) in [7, 11) is 0. The van der Waals surface area contributed by atoms with E-state index < -0.39 is 0 Å². The number of hydrogen-bond donors (Lipinski definition) is 0. The number of ketones is 1. The van der Waals surface area contributed by atoms with Gasteiger partial charge in [-0.25, -0.2) is 0 Å². The second-order valence-corrected chi connectivity index (χ2v) is 5.70. The van der Waals surface area contributed by atoms with Crippen molar-refractivity contribution in [1.29, 1.82) is 0 Å². The van der Waals surface area contributed by atoms with Crippen LogP contribution in [-0.2, 0) is 6.54 Å². The van der Waals surface area contributed by atoms with Gasteiger partial charge in [-0.05, 0) is 24.3 Å². The molecule has 0 saturated carbocycles. The molecular weight excluding hydrogens is 302 g/mol. The van der Waals surface area contributed by atoms with Gasteiger partial charge < -0.3 is 4.57 Å². The number of benzene rings is 2. The summed E-state index contributed by atoms with van der Waals surface area (Å²) in [5, 5.41) is 1.18. The van der Waals surface area contributed by atoms with Gasteiger partial charge in [-0.3, -0.25) is 4.79 Å². The monoisotopic (exact) mass is 311 g/mol. The Bertz CT molecular complexity index is 832. The molecule has 0 atom stereocenters. The molecule has 1 aliphatic heterocycles. The van der Waals surface area contributed by atoms with Gasteiger partial charge in [0.2, 0.25) is 0 Å². The molecule has 0 radical (unpaired) electrons. The molecule has 0 aliphatic carbocycles. The van der Waals surface area contributed by atoms with Crippen molar-refractivity contribution in [2.45, 2.75) is 6.54 Å². The fourth-order valence-corrected chi connectivity index (χ4v) is 3.16. The number of Topliss-reactive ketones (excluding diaryl/α,β-unsaturated/α-hetero) is 1. The second kappa shape index (κ2) is 3.81. The van der Waals surface area contributed by atoms with E-state index in [4.69, 9.17) is 0 Å². The van der Waals surface area contributed by atoms with Crippen LogP contribution >= 0.6 is 15.9 Å². The van der Waals surface area contributed by atoms with Crippen molar-refractivity contribution in [1.82, 2.24) is 4.57 Å². The van der Waals surface area contributed by atoms with Gasteiger partial charge in [0.1, 0.15) is 0 Å². The Balaban J connectivity index is 2.10. The van der Waals surface area contributed by atoms with Gasteiger partial charge >= 0.3 is 0 Å². The molecule has 2 aromatic carbocycles. The normalized spacial score (nSPS) is 13.4. The first-order valence-electron chi connectivity index (χ1n) is 6.15. The molecule has 0 unspecified atom stereocenters. The van der Waals surface area contributed by atoms with Gasteiger partial charge in [0.25, 0.3) is 0 Å². The molecule has 0 fully saturated rings. The van der Waals surface area contributed by atoms with Gasteiger partial charge in [-0.1, -0.05) is 40.2 Å². The highest BCUT2D eigenvalue weighted by Gasteiger charge is 2.24. The van der Waals surface area contributed by atoms with Crippen LogP contribution in [-0.4, -0.2) is 10.4 Å². The van der Waals surface area contributed by atoms with Crippen LogP contribution in [0.2, 0.25) is 0 Å². The lowest BCUT2D eigenvalue weighted by Crippen LogP contribution is -2.17. The average Bonchev–Trinajstić information content (AvgIpc) is 2.78. The maximum atomic E-state index is 12.3. The van der Waals surface area contributed by atoms with Crippen molar-refractivity contribution in [2.75, 3.05) is 0 Å². The van der Waals surface area contributed by atoms with Crippen LogP contribution in [0.4, 0.5) is 0 Å². The summed E-state index contributed by atoms with van der Waals surface area (Å²) in [4.78, 5) is 12.3. The number of nitrogens with zero attached hydrogens (tertiary/aromatic N) is 1. The smallest absolute Gasteiger partial charge is 0.183 e. The van der Waals surface area contributed by atoms with E-state index >= 15 is 0 Å². The largest absolute Gasteiger partial charge is 0.333 e. The third kappa shape index (κ3) is 1.51. The van der Waals surface area contributed by atoms with Crippen molar-refractivity contribution in [2.24, 2.45) is 0 Å². The van der Waals surface area contributed by atoms with E-state index in [2.05, 4.69) is 38.7 Å². The van der Waals surface area contributed by atoms with E-state index in [1.807, 2.05) is 30.3 Å². The van der Waals surface area contributed by atoms with Crippen LogP contribution < -0.4 is 0 Å². The van der Waals surface area contributed by atoms with Crippen LogP contribution in [0.5, 0.6) is 0 Å². The van der Waals surface area contributed by atoms with Crippen molar-refractivity contribution in [3.8, 4) is 11.3 Å². The molecule has 0 spiro atoms. The van der Waals surface area contributed by atoms with Crippen molar-refractivity contribution in [3.63, 3.8) is 0 Å². The molecule has 92 valence electrons.